The molecule has 0 N–H and O–H groups in total. The summed E-state index contributed by atoms with van der Waals surface area (Å²) in [5.41, 5.74) is 2.57. The third kappa shape index (κ3) is 1.35. The van der Waals surface area contributed by atoms with Crippen LogP contribution in [0, 0.1) is 6.92 Å². The SMILES string of the molecule is Cc1cccc2sc3cccc(CCl)c3c12. The molecule has 1 heterocycles. The zero-order chi connectivity index (χ0) is 11.1. The highest BCUT2D eigenvalue weighted by Crippen LogP contribution is 2.37. The lowest BCUT2D eigenvalue weighted by atomic mass is 10.0. The summed E-state index contributed by atoms with van der Waals surface area (Å²) in [7, 11) is 0. The minimum atomic E-state index is 0.581. The third-order valence-electron chi connectivity index (χ3n) is 2.96. The predicted molar refractivity (Wildman–Crippen MR) is 73.6 cm³/mol. The molecule has 0 bridgehead atoms. The van der Waals surface area contributed by atoms with E-state index in [1.165, 1.54) is 31.3 Å². The van der Waals surface area contributed by atoms with Crippen molar-refractivity contribution in [2.45, 2.75) is 12.8 Å². The molecule has 3 aromatic rings. The fraction of sp³-hybridized carbons (Fsp3) is 0.143. The van der Waals surface area contributed by atoms with Gasteiger partial charge in [-0.1, -0.05) is 24.3 Å². The van der Waals surface area contributed by atoms with Gasteiger partial charge in [-0.2, -0.15) is 0 Å². The van der Waals surface area contributed by atoms with E-state index in [0.717, 1.165) is 0 Å². The Bertz CT molecular complexity index is 667. The van der Waals surface area contributed by atoms with Crippen LogP contribution in [0.5, 0.6) is 0 Å². The van der Waals surface area contributed by atoms with E-state index >= 15 is 0 Å². The summed E-state index contributed by atoms with van der Waals surface area (Å²) in [4.78, 5) is 0. The smallest absolute Gasteiger partial charge is 0.0480 e. The minimum Gasteiger partial charge on any atom is -0.135 e. The van der Waals surface area contributed by atoms with E-state index in [4.69, 9.17) is 11.6 Å². The van der Waals surface area contributed by atoms with E-state index in [1.54, 1.807) is 0 Å². The second-order valence-electron chi connectivity index (χ2n) is 3.97. The van der Waals surface area contributed by atoms with Crippen LogP contribution in [0.15, 0.2) is 36.4 Å². The van der Waals surface area contributed by atoms with Crippen LogP contribution >= 0.6 is 22.9 Å². The Morgan fingerprint density at radius 2 is 1.69 bits per heavy atom. The molecule has 80 valence electrons. The Morgan fingerprint density at radius 1 is 1.00 bits per heavy atom. The lowest BCUT2D eigenvalue weighted by Gasteiger charge is -2.01. The molecular formula is C14H11ClS. The van der Waals surface area contributed by atoms with Crippen molar-refractivity contribution in [1.82, 2.24) is 0 Å². The van der Waals surface area contributed by atoms with Crippen molar-refractivity contribution < 1.29 is 0 Å². The summed E-state index contributed by atoms with van der Waals surface area (Å²) in [5, 5.41) is 2.72. The van der Waals surface area contributed by atoms with Crippen LogP contribution in [0.1, 0.15) is 11.1 Å². The first-order valence-electron chi connectivity index (χ1n) is 5.27. The van der Waals surface area contributed by atoms with Gasteiger partial charge < -0.3 is 0 Å². The van der Waals surface area contributed by atoms with Gasteiger partial charge in [0.05, 0.1) is 0 Å². The van der Waals surface area contributed by atoms with E-state index in [-0.39, 0.29) is 0 Å². The number of rotatable bonds is 1. The molecule has 0 radical (unpaired) electrons. The number of benzene rings is 2. The molecule has 0 amide bonds. The van der Waals surface area contributed by atoms with Crippen LogP contribution in [0.25, 0.3) is 20.2 Å². The van der Waals surface area contributed by atoms with E-state index < -0.39 is 0 Å². The highest BCUT2D eigenvalue weighted by Gasteiger charge is 2.09. The summed E-state index contributed by atoms with van der Waals surface area (Å²) in [5.74, 6) is 0.581. The number of thiophene rings is 1. The first-order valence-corrected chi connectivity index (χ1v) is 6.62. The third-order valence-corrected chi connectivity index (χ3v) is 4.37. The first kappa shape index (κ1) is 10.1. The first-order chi connectivity index (χ1) is 7.81. The average molecular weight is 247 g/mol. The van der Waals surface area contributed by atoms with Gasteiger partial charge in [0.15, 0.2) is 0 Å². The normalized spacial score (nSPS) is 11.4. The molecular weight excluding hydrogens is 236 g/mol. The van der Waals surface area contributed by atoms with Gasteiger partial charge in [0.1, 0.15) is 0 Å². The minimum absolute atomic E-state index is 0.581. The van der Waals surface area contributed by atoms with Crippen LogP contribution in [0.2, 0.25) is 0 Å². The Morgan fingerprint density at radius 3 is 2.44 bits per heavy atom. The van der Waals surface area contributed by atoms with Gasteiger partial charge in [-0.15, -0.1) is 22.9 Å². The van der Waals surface area contributed by atoms with E-state index in [1.807, 2.05) is 11.3 Å². The molecule has 3 rings (SSSR count). The van der Waals surface area contributed by atoms with Crippen LogP contribution in [0.4, 0.5) is 0 Å². The maximum Gasteiger partial charge on any atom is 0.0480 e. The highest BCUT2D eigenvalue weighted by molar-refractivity contribution is 7.25. The standard InChI is InChI=1S/C14H11ClS/c1-9-4-2-6-11-13(9)14-10(8-15)5-3-7-12(14)16-11/h2-7H,8H2,1H3. The summed E-state index contributed by atoms with van der Waals surface area (Å²) in [6, 6.07) is 12.9. The topological polar surface area (TPSA) is 0 Å². The Kier molecular flexibility index (Phi) is 2.38. The van der Waals surface area contributed by atoms with Gasteiger partial charge in [-0.25, -0.2) is 0 Å². The largest absolute Gasteiger partial charge is 0.135 e. The molecule has 0 unspecified atom stereocenters. The van der Waals surface area contributed by atoms with Crippen molar-refractivity contribution in [3.05, 3.63) is 47.5 Å². The van der Waals surface area contributed by atoms with Crippen molar-refractivity contribution in [3.8, 4) is 0 Å². The Balaban J connectivity index is 2.60. The lowest BCUT2D eigenvalue weighted by molar-refractivity contribution is 1.46. The highest BCUT2D eigenvalue weighted by atomic mass is 35.5. The van der Waals surface area contributed by atoms with Gasteiger partial charge >= 0.3 is 0 Å². The van der Waals surface area contributed by atoms with E-state index in [2.05, 4.69) is 43.3 Å². The summed E-state index contributed by atoms with van der Waals surface area (Å²) < 4.78 is 2.69. The van der Waals surface area contributed by atoms with Crippen LogP contribution in [-0.4, -0.2) is 0 Å². The molecule has 2 heteroatoms. The molecule has 0 nitrogen and oxygen atoms in total. The summed E-state index contributed by atoms with van der Waals surface area (Å²) in [6.45, 7) is 2.17. The number of halogens is 1. The van der Waals surface area contributed by atoms with Crippen molar-refractivity contribution >= 4 is 43.1 Å². The van der Waals surface area contributed by atoms with Crippen molar-refractivity contribution in [1.29, 1.82) is 0 Å². The fourth-order valence-corrected chi connectivity index (χ4v) is 3.67. The van der Waals surface area contributed by atoms with Gasteiger partial charge in [0, 0.05) is 26.1 Å². The molecule has 16 heavy (non-hydrogen) atoms. The molecule has 0 fully saturated rings. The average Bonchev–Trinajstić information content (AvgIpc) is 2.68. The number of aryl methyl sites for hydroxylation is 1. The molecule has 2 aromatic carbocycles. The summed E-state index contributed by atoms with van der Waals surface area (Å²) >= 11 is 7.87. The zero-order valence-corrected chi connectivity index (χ0v) is 10.5. The second-order valence-corrected chi connectivity index (χ2v) is 5.33. The monoisotopic (exact) mass is 246 g/mol. The maximum atomic E-state index is 6.02. The fourth-order valence-electron chi connectivity index (χ4n) is 2.22. The van der Waals surface area contributed by atoms with Crippen LogP contribution < -0.4 is 0 Å². The molecule has 0 aliphatic heterocycles. The molecule has 1 aromatic heterocycles. The number of hydrogen-bond acceptors (Lipinski definition) is 1. The molecule has 0 saturated carbocycles. The van der Waals surface area contributed by atoms with Gasteiger partial charge in [-0.05, 0) is 30.2 Å². The Hall–Kier alpha value is -1.05. The van der Waals surface area contributed by atoms with Gasteiger partial charge in [0.2, 0.25) is 0 Å². The van der Waals surface area contributed by atoms with E-state index in [0.29, 0.717) is 5.88 Å². The number of fused-ring (bicyclic) bond motifs is 3. The lowest BCUT2D eigenvalue weighted by Crippen LogP contribution is -1.80. The van der Waals surface area contributed by atoms with Gasteiger partial charge in [-0.3, -0.25) is 0 Å². The molecule has 0 saturated heterocycles. The van der Waals surface area contributed by atoms with E-state index in [9.17, 15) is 0 Å². The van der Waals surface area contributed by atoms with Crippen molar-refractivity contribution in [2.24, 2.45) is 0 Å². The molecule has 0 atom stereocenters. The number of alkyl halides is 1. The molecule has 0 spiro atoms. The van der Waals surface area contributed by atoms with Crippen molar-refractivity contribution in [3.63, 3.8) is 0 Å². The van der Waals surface area contributed by atoms with Crippen LogP contribution in [0.3, 0.4) is 0 Å². The maximum absolute atomic E-state index is 6.02. The predicted octanol–water partition coefficient (Wildman–Crippen LogP) is 5.10. The summed E-state index contributed by atoms with van der Waals surface area (Å²) in [6.07, 6.45) is 0. The molecule has 0 aliphatic carbocycles. The zero-order valence-electron chi connectivity index (χ0n) is 8.96. The van der Waals surface area contributed by atoms with Gasteiger partial charge in [0.25, 0.3) is 0 Å². The molecule has 0 aliphatic rings. The Labute approximate surface area is 103 Å². The quantitative estimate of drug-likeness (QED) is 0.524. The second kappa shape index (κ2) is 3.76. The number of hydrogen-bond donors (Lipinski definition) is 0. The van der Waals surface area contributed by atoms with Crippen molar-refractivity contribution in [2.75, 3.05) is 0 Å². The van der Waals surface area contributed by atoms with Crippen LogP contribution in [-0.2, 0) is 5.88 Å².